The molecule has 1 aliphatic rings. The average molecular weight is 287 g/mol. The number of rotatable bonds is 2. The van der Waals surface area contributed by atoms with Gasteiger partial charge in [-0.15, -0.1) is 10.2 Å². The lowest BCUT2D eigenvalue weighted by atomic mass is 9.68. The van der Waals surface area contributed by atoms with Crippen LogP contribution in [0.5, 0.6) is 0 Å². The van der Waals surface area contributed by atoms with Crippen molar-refractivity contribution in [3.8, 4) is 0 Å². The summed E-state index contributed by atoms with van der Waals surface area (Å²) in [4.78, 5) is 11.7. The Kier molecular flexibility index (Phi) is 3.43. The van der Waals surface area contributed by atoms with Crippen molar-refractivity contribution in [2.24, 2.45) is 5.41 Å². The average Bonchev–Trinajstić information content (AvgIpc) is 2.88. The predicted molar refractivity (Wildman–Crippen MR) is 79.3 cm³/mol. The van der Waals surface area contributed by atoms with Gasteiger partial charge in [-0.1, -0.05) is 26.7 Å². The van der Waals surface area contributed by atoms with Crippen molar-refractivity contribution in [1.82, 2.24) is 14.6 Å². The number of nitrogens with zero attached hydrogens (tertiary/aromatic N) is 3. The lowest BCUT2D eigenvalue weighted by Crippen LogP contribution is -2.27. The number of carbonyl (C=O) groups is 1. The van der Waals surface area contributed by atoms with Crippen molar-refractivity contribution in [1.29, 1.82) is 0 Å². The van der Waals surface area contributed by atoms with Crippen LogP contribution in [0.25, 0.3) is 5.65 Å². The smallest absolute Gasteiger partial charge is 0.339 e. The summed E-state index contributed by atoms with van der Waals surface area (Å²) in [5, 5.41) is 8.65. The van der Waals surface area contributed by atoms with Crippen LogP contribution in [0, 0.1) is 5.41 Å². The molecule has 2 aromatic rings. The zero-order valence-electron chi connectivity index (χ0n) is 12.8. The molecule has 1 fully saturated rings. The van der Waals surface area contributed by atoms with E-state index in [1.165, 1.54) is 26.4 Å². The summed E-state index contributed by atoms with van der Waals surface area (Å²) in [7, 11) is 1.39. The van der Waals surface area contributed by atoms with E-state index in [4.69, 9.17) is 4.74 Å². The largest absolute Gasteiger partial charge is 0.465 e. The van der Waals surface area contributed by atoms with Gasteiger partial charge in [0.05, 0.1) is 12.7 Å². The van der Waals surface area contributed by atoms with Crippen LogP contribution in [0.3, 0.4) is 0 Å². The topological polar surface area (TPSA) is 56.5 Å². The first-order chi connectivity index (χ1) is 10.0. The molecule has 1 saturated carbocycles. The molecule has 1 atom stereocenters. The van der Waals surface area contributed by atoms with E-state index in [0.717, 1.165) is 17.9 Å². The van der Waals surface area contributed by atoms with Crippen molar-refractivity contribution >= 4 is 11.6 Å². The van der Waals surface area contributed by atoms with Crippen molar-refractivity contribution in [2.75, 3.05) is 7.11 Å². The monoisotopic (exact) mass is 287 g/mol. The van der Waals surface area contributed by atoms with Gasteiger partial charge in [0.1, 0.15) is 5.82 Å². The quantitative estimate of drug-likeness (QED) is 0.796. The highest BCUT2D eigenvalue weighted by molar-refractivity contribution is 5.89. The minimum absolute atomic E-state index is 0.211. The van der Waals surface area contributed by atoms with Crippen molar-refractivity contribution in [2.45, 2.75) is 45.4 Å². The number of hydrogen-bond donors (Lipinski definition) is 0. The van der Waals surface area contributed by atoms with Crippen LogP contribution in [0.2, 0.25) is 0 Å². The van der Waals surface area contributed by atoms with E-state index >= 15 is 0 Å². The van der Waals surface area contributed by atoms with Crippen LogP contribution >= 0.6 is 0 Å². The summed E-state index contributed by atoms with van der Waals surface area (Å²) >= 11 is 0. The normalized spacial score (nSPS) is 21.4. The molecule has 3 rings (SSSR count). The maximum absolute atomic E-state index is 11.7. The number of methoxy groups -OCH3 is 1. The molecular formula is C16H21N3O2. The van der Waals surface area contributed by atoms with Gasteiger partial charge < -0.3 is 4.74 Å². The maximum atomic E-state index is 11.7. The fourth-order valence-corrected chi connectivity index (χ4v) is 3.36. The van der Waals surface area contributed by atoms with Crippen LogP contribution in [-0.4, -0.2) is 27.7 Å². The zero-order chi connectivity index (χ0) is 15.0. The molecule has 0 radical (unpaired) electrons. The molecule has 0 aliphatic heterocycles. The fraction of sp³-hybridized carbons (Fsp3) is 0.562. The molecule has 112 valence electrons. The maximum Gasteiger partial charge on any atom is 0.339 e. The molecule has 0 N–H and O–H groups in total. The molecular weight excluding hydrogens is 266 g/mol. The molecule has 1 aliphatic carbocycles. The second-order valence-electron chi connectivity index (χ2n) is 6.48. The second-order valence-corrected chi connectivity index (χ2v) is 6.48. The molecule has 2 aromatic heterocycles. The Morgan fingerprint density at radius 3 is 2.86 bits per heavy atom. The number of aromatic nitrogens is 3. The number of pyridine rings is 1. The predicted octanol–water partition coefficient (Wildman–Crippen LogP) is 3.20. The molecule has 21 heavy (non-hydrogen) atoms. The van der Waals surface area contributed by atoms with Gasteiger partial charge in [0.25, 0.3) is 0 Å². The molecule has 0 bridgehead atoms. The van der Waals surface area contributed by atoms with E-state index in [2.05, 4.69) is 24.0 Å². The van der Waals surface area contributed by atoms with Crippen LogP contribution in [-0.2, 0) is 4.74 Å². The SMILES string of the molecule is COC(=O)c1ccc2nnc(C3CCCCC3(C)C)n2c1. The molecule has 0 saturated heterocycles. The van der Waals surface area contributed by atoms with E-state index in [9.17, 15) is 4.79 Å². The number of hydrogen-bond acceptors (Lipinski definition) is 4. The standard InChI is InChI=1S/C16H21N3O2/c1-16(2)9-5-4-6-12(16)14-18-17-13-8-7-11(10-19(13)14)15(20)21-3/h7-8,10,12H,4-6,9H2,1-3H3. The highest BCUT2D eigenvalue weighted by atomic mass is 16.5. The van der Waals surface area contributed by atoms with Gasteiger partial charge in [-0.2, -0.15) is 0 Å². The molecule has 2 heterocycles. The summed E-state index contributed by atoms with van der Waals surface area (Å²) in [6.45, 7) is 4.59. The van der Waals surface area contributed by atoms with Gasteiger partial charge in [-0.05, 0) is 30.4 Å². The molecule has 0 amide bonds. The number of carbonyl (C=O) groups excluding carboxylic acids is 1. The van der Waals surface area contributed by atoms with Gasteiger partial charge in [-0.3, -0.25) is 4.40 Å². The Bertz CT molecular complexity index is 675. The Morgan fingerprint density at radius 2 is 2.14 bits per heavy atom. The molecule has 0 spiro atoms. The first-order valence-electron chi connectivity index (χ1n) is 7.46. The van der Waals surface area contributed by atoms with Gasteiger partial charge in [0.15, 0.2) is 5.65 Å². The minimum atomic E-state index is -0.334. The Balaban J connectivity index is 2.08. The first kappa shape index (κ1) is 14.0. The van der Waals surface area contributed by atoms with E-state index < -0.39 is 0 Å². The van der Waals surface area contributed by atoms with Gasteiger partial charge in [0.2, 0.25) is 0 Å². The Labute approximate surface area is 124 Å². The summed E-state index contributed by atoms with van der Waals surface area (Å²) < 4.78 is 6.74. The third kappa shape index (κ3) is 2.41. The Hall–Kier alpha value is -1.91. The van der Waals surface area contributed by atoms with Crippen LogP contribution < -0.4 is 0 Å². The van der Waals surface area contributed by atoms with E-state index in [-0.39, 0.29) is 11.4 Å². The molecule has 1 unspecified atom stereocenters. The van der Waals surface area contributed by atoms with Crippen LogP contribution in [0.4, 0.5) is 0 Å². The van der Waals surface area contributed by atoms with Gasteiger partial charge in [0, 0.05) is 12.1 Å². The summed E-state index contributed by atoms with van der Waals surface area (Å²) in [6, 6.07) is 3.55. The molecule has 5 nitrogen and oxygen atoms in total. The summed E-state index contributed by atoms with van der Waals surface area (Å²) in [6.07, 6.45) is 6.61. The minimum Gasteiger partial charge on any atom is -0.465 e. The van der Waals surface area contributed by atoms with Crippen LogP contribution in [0.1, 0.15) is 61.6 Å². The van der Waals surface area contributed by atoms with Gasteiger partial charge in [-0.25, -0.2) is 4.79 Å². The van der Waals surface area contributed by atoms with Crippen molar-refractivity contribution < 1.29 is 9.53 Å². The highest BCUT2D eigenvalue weighted by Gasteiger charge is 2.36. The van der Waals surface area contributed by atoms with E-state index in [1.54, 1.807) is 12.3 Å². The second kappa shape index (κ2) is 5.13. The highest BCUT2D eigenvalue weighted by Crippen LogP contribution is 2.46. The third-order valence-corrected chi connectivity index (χ3v) is 4.67. The van der Waals surface area contributed by atoms with Gasteiger partial charge >= 0.3 is 5.97 Å². The van der Waals surface area contributed by atoms with Crippen LogP contribution in [0.15, 0.2) is 18.3 Å². The lowest BCUT2D eigenvalue weighted by Gasteiger charge is -2.37. The zero-order valence-corrected chi connectivity index (χ0v) is 12.8. The van der Waals surface area contributed by atoms with E-state index in [0.29, 0.717) is 11.5 Å². The lowest BCUT2D eigenvalue weighted by molar-refractivity contribution is 0.0600. The third-order valence-electron chi connectivity index (χ3n) is 4.67. The first-order valence-corrected chi connectivity index (χ1v) is 7.46. The summed E-state index contributed by atoms with van der Waals surface area (Å²) in [5.74, 6) is 0.994. The van der Waals surface area contributed by atoms with Crippen molar-refractivity contribution in [3.05, 3.63) is 29.7 Å². The number of fused-ring (bicyclic) bond motifs is 1. The van der Waals surface area contributed by atoms with E-state index in [1.807, 2.05) is 10.5 Å². The fourth-order valence-electron chi connectivity index (χ4n) is 3.36. The number of ether oxygens (including phenoxy) is 1. The molecule has 0 aromatic carbocycles. The summed E-state index contributed by atoms with van der Waals surface area (Å²) in [5.41, 5.74) is 1.52. The Morgan fingerprint density at radius 1 is 1.33 bits per heavy atom. The molecule has 5 heteroatoms. The van der Waals surface area contributed by atoms with Crippen molar-refractivity contribution in [3.63, 3.8) is 0 Å². The number of esters is 1.